The zero-order valence-corrected chi connectivity index (χ0v) is 13.4. The summed E-state index contributed by atoms with van der Waals surface area (Å²) in [5.41, 5.74) is 1.68. The fourth-order valence-electron chi connectivity index (χ4n) is 3.77. The molecule has 0 bridgehead atoms. The summed E-state index contributed by atoms with van der Waals surface area (Å²) in [4.78, 5) is 27.1. The van der Waals surface area contributed by atoms with Gasteiger partial charge >= 0.3 is 0 Å². The highest BCUT2D eigenvalue weighted by molar-refractivity contribution is 6.01. The summed E-state index contributed by atoms with van der Waals surface area (Å²) in [7, 11) is 0. The normalized spacial score (nSPS) is 23.0. The van der Waals surface area contributed by atoms with E-state index in [9.17, 15) is 9.59 Å². The van der Waals surface area contributed by atoms with Gasteiger partial charge in [-0.05, 0) is 30.5 Å². The molecule has 2 amide bonds. The summed E-state index contributed by atoms with van der Waals surface area (Å²) in [6.45, 7) is 1.46. The molecule has 124 valence electrons. The van der Waals surface area contributed by atoms with Crippen LogP contribution in [0.15, 0.2) is 42.7 Å². The summed E-state index contributed by atoms with van der Waals surface area (Å²) in [5, 5.41) is 7.11. The molecule has 2 aliphatic heterocycles. The lowest BCUT2D eigenvalue weighted by Crippen LogP contribution is -2.42. The van der Waals surface area contributed by atoms with Crippen molar-refractivity contribution in [1.82, 2.24) is 14.7 Å². The van der Waals surface area contributed by atoms with Crippen LogP contribution in [0, 0.1) is 0 Å². The van der Waals surface area contributed by atoms with Crippen molar-refractivity contribution in [2.75, 3.05) is 11.9 Å². The Morgan fingerprint density at radius 1 is 1.29 bits per heavy atom. The average Bonchev–Trinajstić information content (AvgIpc) is 3.26. The Labute approximate surface area is 140 Å². The molecule has 1 saturated heterocycles. The van der Waals surface area contributed by atoms with Gasteiger partial charge < -0.3 is 10.2 Å². The summed E-state index contributed by atoms with van der Waals surface area (Å²) in [6, 6.07) is 9.63. The third kappa shape index (κ3) is 2.68. The first-order valence-electron chi connectivity index (χ1n) is 8.39. The molecule has 6 nitrogen and oxygen atoms in total. The average molecular weight is 324 g/mol. The molecule has 0 aliphatic carbocycles. The van der Waals surface area contributed by atoms with Crippen LogP contribution in [0.4, 0.5) is 5.69 Å². The van der Waals surface area contributed by atoms with Crippen molar-refractivity contribution < 1.29 is 9.59 Å². The third-order valence-electron chi connectivity index (χ3n) is 4.92. The van der Waals surface area contributed by atoms with E-state index in [2.05, 4.69) is 10.4 Å². The van der Waals surface area contributed by atoms with E-state index in [-0.39, 0.29) is 30.2 Å². The first kappa shape index (κ1) is 14.9. The van der Waals surface area contributed by atoms with Crippen molar-refractivity contribution in [2.24, 2.45) is 0 Å². The quantitative estimate of drug-likeness (QED) is 0.939. The minimum absolute atomic E-state index is 0.0620. The van der Waals surface area contributed by atoms with Crippen LogP contribution in [0.25, 0.3) is 0 Å². The van der Waals surface area contributed by atoms with Gasteiger partial charge in [0.2, 0.25) is 11.8 Å². The van der Waals surface area contributed by atoms with Gasteiger partial charge in [-0.2, -0.15) is 5.10 Å². The Kier molecular flexibility index (Phi) is 3.80. The lowest BCUT2D eigenvalue weighted by molar-refractivity contribution is -0.136. The maximum Gasteiger partial charge on any atom is 0.231 e. The Morgan fingerprint density at radius 3 is 3.00 bits per heavy atom. The summed E-state index contributed by atoms with van der Waals surface area (Å²) in [6.07, 6.45) is 5.87. The second-order valence-corrected chi connectivity index (χ2v) is 6.45. The predicted octanol–water partition coefficient (Wildman–Crippen LogP) is 2.00. The second kappa shape index (κ2) is 6.11. The number of rotatable bonds is 3. The maximum atomic E-state index is 13.2. The Hall–Kier alpha value is -2.63. The number of nitrogens with zero attached hydrogens (tertiary/aromatic N) is 3. The Bertz CT molecular complexity index is 756. The lowest BCUT2D eigenvalue weighted by atomic mass is 9.89. The van der Waals surface area contributed by atoms with Gasteiger partial charge in [-0.25, -0.2) is 0 Å². The molecule has 24 heavy (non-hydrogen) atoms. The highest BCUT2D eigenvalue weighted by Crippen LogP contribution is 2.35. The van der Waals surface area contributed by atoms with Gasteiger partial charge in [0, 0.05) is 31.0 Å². The number of carbonyl (C=O) groups excluding carboxylic acids is 2. The number of aromatic nitrogens is 2. The largest absolute Gasteiger partial charge is 0.337 e. The predicted molar refractivity (Wildman–Crippen MR) is 89.4 cm³/mol. The van der Waals surface area contributed by atoms with E-state index in [4.69, 9.17) is 0 Å². The van der Waals surface area contributed by atoms with Crippen molar-refractivity contribution in [2.45, 2.75) is 37.8 Å². The molecule has 1 aromatic heterocycles. The van der Waals surface area contributed by atoms with Crippen molar-refractivity contribution in [3.8, 4) is 0 Å². The number of benzene rings is 1. The second-order valence-electron chi connectivity index (χ2n) is 6.45. The number of fused-ring (bicyclic) bond motifs is 1. The molecular weight excluding hydrogens is 304 g/mol. The molecule has 1 N–H and O–H groups in total. The lowest BCUT2D eigenvalue weighted by Gasteiger charge is -2.31. The molecule has 0 spiro atoms. The summed E-state index contributed by atoms with van der Waals surface area (Å²) in [5.74, 6) is -0.407. The zero-order valence-electron chi connectivity index (χ0n) is 13.4. The van der Waals surface area contributed by atoms with Crippen molar-refractivity contribution in [3.05, 3.63) is 48.3 Å². The van der Waals surface area contributed by atoms with Gasteiger partial charge in [-0.3, -0.25) is 14.3 Å². The van der Waals surface area contributed by atoms with Crippen molar-refractivity contribution >= 4 is 17.5 Å². The molecule has 0 unspecified atom stereocenters. The van der Waals surface area contributed by atoms with Gasteiger partial charge in [-0.1, -0.05) is 18.2 Å². The van der Waals surface area contributed by atoms with Crippen molar-refractivity contribution in [1.29, 1.82) is 0 Å². The molecule has 2 atom stereocenters. The number of carbonyl (C=O) groups is 2. The van der Waals surface area contributed by atoms with E-state index >= 15 is 0 Å². The van der Waals surface area contributed by atoms with Gasteiger partial charge in [-0.15, -0.1) is 0 Å². The monoisotopic (exact) mass is 324 g/mol. The van der Waals surface area contributed by atoms with Crippen LogP contribution in [-0.4, -0.2) is 39.1 Å². The smallest absolute Gasteiger partial charge is 0.231 e. The molecule has 2 aliphatic rings. The number of hydrogen-bond donors (Lipinski definition) is 1. The van der Waals surface area contributed by atoms with E-state index in [1.807, 2.05) is 46.1 Å². The molecule has 1 fully saturated rings. The molecular formula is C18H20N4O2. The summed E-state index contributed by atoms with van der Waals surface area (Å²) >= 11 is 0. The highest BCUT2D eigenvalue weighted by Gasteiger charge is 2.37. The van der Waals surface area contributed by atoms with E-state index < -0.39 is 0 Å². The standard InChI is InChI=1S/C18H20N4O2/c23-17-11-15(14-6-1-2-7-16(14)20-17)18(24)22-10-3-5-13(22)12-21-9-4-8-19-21/h1-2,4,6-9,13,15H,3,5,10-12H2,(H,20,23)/t13-,15-/m0/s1. The molecule has 0 saturated carbocycles. The Morgan fingerprint density at radius 2 is 2.17 bits per heavy atom. The van der Waals surface area contributed by atoms with Crippen LogP contribution < -0.4 is 5.32 Å². The minimum Gasteiger partial charge on any atom is -0.337 e. The number of anilines is 1. The molecule has 2 aromatic rings. The molecule has 4 rings (SSSR count). The van der Waals surface area contributed by atoms with E-state index in [0.717, 1.165) is 30.6 Å². The van der Waals surface area contributed by atoms with Crippen LogP contribution in [-0.2, 0) is 16.1 Å². The first-order chi connectivity index (χ1) is 11.7. The first-order valence-corrected chi connectivity index (χ1v) is 8.39. The zero-order chi connectivity index (χ0) is 16.5. The fraction of sp³-hybridized carbons (Fsp3) is 0.389. The van der Waals surface area contributed by atoms with Crippen LogP contribution in [0.3, 0.4) is 0 Å². The molecule has 6 heteroatoms. The maximum absolute atomic E-state index is 13.2. The minimum atomic E-state index is -0.381. The van der Waals surface area contributed by atoms with Crippen molar-refractivity contribution in [3.63, 3.8) is 0 Å². The van der Waals surface area contributed by atoms with E-state index in [1.54, 1.807) is 6.20 Å². The number of hydrogen-bond acceptors (Lipinski definition) is 3. The fourth-order valence-corrected chi connectivity index (χ4v) is 3.77. The topological polar surface area (TPSA) is 67.2 Å². The SMILES string of the molecule is O=C1C[C@H](C(=O)N2CCC[C@H]2Cn2cccn2)c2ccccc2N1. The number of amides is 2. The number of nitrogens with one attached hydrogen (secondary N) is 1. The van der Waals surface area contributed by atoms with Crippen LogP contribution in [0.5, 0.6) is 0 Å². The van der Waals surface area contributed by atoms with Crippen LogP contribution in [0.1, 0.15) is 30.7 Å². The van der Waals surface area contributed by atoms with Crippen LogP contribution in [0.2, 0.25) is 0 Å². The number of likely N-dealkylation sites (tertiary alicyclic amines) is 1. The third-order valence-corrected chi connectivity index (χ3v) is 4.92. The van der Waals surface area contributed by atoms with E-state index in [0.29, 0.717) is 6.54 Å². The highest BCUT2D eigenvalue weighted by atomic mass is 16.2. The Balaban J connectivity index is 1.57. The van der Waals surface area contributed by atoms with Gasteiger partial charge in [0.25, 0.3) is 0 Å². The van der Waals surface area contributed by atoms with Crippen LogP contribution >= 0.6 is 0 Å². The van der Waals surface area contributed by atoms with Gasteiger partial charge in [0.15, 0.2) is 0 Å². The molecule has 0 radical (unpaired) electrons. The van der Waals surface area contributed by atoms with Gasteiger partial charge in [0.05, 0.1) is 18.5 Å². The van der Waals surface area contributed by atoms with E-state index in [1.165, 1.54) is 0 Å². The summed E-state index contributed by atoms with van der Waals surface area (Å²) < 4.78 is 1.87. The number of para-hydroxylation sites is 1. The molecule has 3 heterocycles. The molecule has 1 aromatic carbocycles. The van der Waals surface area contributed by atoms with Gasteiger partial charge in [0.1, 0.15) is 0 Å².